The number of rotatable bonds is 5. The highest BCUT2D eigenvalue weighted by Crippen LogP contribution is 2.31. The molecule has 3 aromatic rings. The molecule has 0 aliphatic heterocycles. The summed E-state index contributed by atoms with van der Waals surface area (Å²) in [6.07, 6.45) is 1.34. The van der Waals surface area contributed by atoms with Gasteiger partial charge in [-0.2, -0.15) is 0 Å². The summed E-state index contributed by atoms with van der Waals surface area (Å²) in [5.41, 5.74) is 1.22. The summed E-state index contributed by atoms with van der Waals surface area (Å²) in [6.45, 7) is -0.341. The van der Waals surface area contributed by atoms with E-state index >= 15 is 0 Å². The van der Waals surface area contributed by atoms with Gasteiger partial charge in [0.15, 0.2) is 0 Å². The Hall–Kier alpha value is -2.71. The van der Waals surface area contributed by atoms with Gasteiger partial charge in [-0.1, -0.05) is 23.7 Å². The summed E-state index contributed by atoms with van der Waals surface area (Å²) in [4.78, 5) is 40.8. The predicted molar refractivity (Wildman–Crippen MR) is 101 cm³/mol. The first-order chi connectivity index (χ1) is 12.5. The van der Waals surface area contributed by atoms with Crippen LogP contribution >= 0.6 is 22.9 Å². The van der Waals surface area contributed by atoms with E-state index in [1.54, 1.807) is 12.1 Å². The summed E-state index contributed by atoms with van der Waals surface area (Å²) >= 11 is 7.21. The standard InChI is InChI=1S/C17H15ClN4O3S/c1-19-14(23)7-20-15(24)8-22-9-21-12-6-13(26-16(12)17(22)25)10-2-4-11(18)5-3-10/h2-6,9H,7-8H2,1H3,(H,19,23)(H,20,24). The molecule has 2 N–H and O–H groups in total. The Balaban J connectivity index is 1.84. The fourth-order valence-corrected chi connectivity index (χ4v) is 3.48. The molecule has 2 aromatic heterocycles. The number of carbonyl (C=O) groups excluding carboxylic acids is 2. The maximum atomic E-state index is 12.6. The topological polar surface area (TPSA) is 93.1 Å². The number of amides is 2. The number of carbonyl (C=O) groups is 2. The number of benzene rings is 1. The third kappa shape index (κ3) is 3.92. The number of hydrogen-bond donors (Lipinski definition) is 2. The van der Waals surface area contributed by atoms with E-state index in [0.29, 0.717) is 15.2 Å². The molecule has 134 valence electrons. The second kappa shape index (κ2) is 7.67. The van der Waals surface area contributed by atoms with Crippen molar-refractivity contribution in [2.75, 3.05) is 13.6 Å². The van der Waals surface area contributed by atoms with Crippen LogP contribution in [0.15, 0.2) is 41.5 Å². The van der Waals surface area contributed by atoms with Crippen LogP contribution in [0.2, 0.25) is 5.02 Å². The number of halogens is 1. The van der Waals surface area contributed by atoms with Gasteiger partial charge in [0.25, 0.3) is 5.56 Å². The van der Waals surface area contributed by atoms with Crippen molar-refractivity contribution in [1.82, 2.24) is 20.2 Å². The Morgan fingerprint density at radius 1 is 1.23 bits per heavy atom. The molecule has 0 aliphatic carbocycles. The monoisotopic (exact) mass is 390 g/mol. The zero-order chi connectivity index (χ0) is 18.7. The molecule has 3 rings (SSSR count). The van der Waals surface area contributed by atoms with E-state index in [9.17, 15) is 14.4 Å². The molecule has 0 aliphatic rings. The van der Waals surface area contributed by atoms with E-state index in [-0.39, 0.29) is 24.6 Å². The predicted octanol–water partition coefficient (Wildman–Crippen LogP) is 1.64. The molecule has 9 heteroatoms. The molecule has 0 spiro atoms. The van der Waals surface area contributed by atoms with Crippen LogP contribution in [-0.2, 0) is 16.1 Å². The van der Waals surface area contributed by atoms with Gasteiger partial charge in [0.05, 0.1) is 18.4 Å². The number of thiophene rings is 1. The third-order valence-corrected chi connectivity index (χ3v) is 5.08. The van der Waals surface area contributed by atoms with Crippen molar-refractivity contribution in [3.63, 3.8) is 0 Å². The van der Waals surface area contributed by atoms with Gasteiger partial charge in [-0.15, -0.1) is 11.3 Å². The molecule has 0 bridgehead atoms. The zero-order valence-corrected chi connectivity index (χ0v) is 15.4. The van der Waals surface area contributed by atoms with Crippen LogP contribution in [0, 0.1) is 0 Å². The maximum Gasteiger partial charge on any atom is 0.271 e. The molecule has 7 nitrogen and oxygen atoms in total. The number of aromatic nitrogens is 2. The zero-order valence-electron chi connectivity index (χ0n) is 13.8. The summed E-state index contributed by atoms with van der Waals surface area (Å²) < 4.78 is 1.69. The SMILES string of the molecule is CNC(=O)CNC(=O)Cn1cnc2cc(-c3ccc(Cl)cc3)sc2c1=O. The van der Waals surface area contributed by atoms with Crippen LogP contribution in [0.5, 0.6) is 0 Å². The summed E-state index contributed by atoms with van der Waals surface area (Å²) in [5, 5.41) is 5.48. The lowest BCUT2D eigenvalue weighted by molar-refractivity contribution is -0.126. The number of likely N-dealkylation sites (N-methyl/N-ethyl adjacent to an activating group) is 1. The molecule has 0 fully saturated rings. The second-order valence-electron chi connectivity index (χ2n) is 5.46. The van der Waals surface area contributed by atoms with E-state index in [1.807, 2.05) is 18.2 Å². The molecule has 2 amide bonds. The van der Waals surface area contributed by atoms with E-state index in [4.69, 9.17) is 11.6 Å². The first-order valence-corrected chi connectivity index (χ1v) is 8.89. The first-order valence-electron chi connectivity index (χ1n) is 7.70. The highest BCUT2D eigenvalue weighted by molar-refractivity contribution is 7.22. The van der Waals surface area contributed by atoms with Crippen molar-refractivity contribution >= 4 is 45.0 Å². The van der Waals surface area contributed by atoms with Crippen molar-refractivity contribution in [2.24, 2.45) is 0 Å². The summed E-state index contributed by atoms with van der Waals surface area (Å²) in [5.74, 6) is -0.753. The molecule has 2 heterocycles. The Morgan fingerprint density at radius 2 is 1.96 bits per heavy atom. The lowest BCUT2D eigenvalue weighted by Gasteiger charge is -2.06. The van der Waals surface area contributed by atoms with Crippen molar-refractivity contribution < 1.29 is 9.59 Å². The van der Waals surface area contributed by atoms with Crippen molar-refractivity contribution in [1.29, 1.82) is 0 Å². The van der Waals surface area contributed by atoms with Gasteiger partial charge < -0.3 is 10.6 Å². The van der Waals surface area contributed by atoms with E-state index in [1.165, 1.54) is 29.3 Å². The lowest BCUT2D eigenvalue weighted by Crippen LogP contribution is -2.38. The van der Waals surface area contributed by atoms with Crippen LogP contribution in [0.3, 0.4) is 0 Å². The molecule has 26 heavy (non-hydrogen) atoms. The average molecular weight is 391 g/mol. The van der Waals surface area contributed by atoms with E-state index < -0.39 is 5.91 Å². The Morgan fingerprint density at radius 3 is 2.65 bits per heavy atom. The normalized spacial score (nSPS) is 10.7. The third-order valence-electron chi connectivity index (χ3n) is 3.67. The smallest absolute Gasteiger partial charge is 0.271 e. The summed E-state index contributed by atoms with van der Waals surface area (Å²) in [7, 11) is 1.48. The number of nitrogens with one attached hydrogen (secondary N) is 2. The molecular weight excluding hydrogens is 376 g/mol. The van der Waals surface area contributed by atoms with Gasteiger partial charge in [-0.25, -0.2) is 4.98 Å². The molecule has 0 atom stereocenters. The van der Waals surface area contributed by atoms with E-state index in [2.05, 4.69) is 15.6 Å². The molecule has 0 saturated heterocycles. The van der Waals surface area contributed by atoms with Crippen molar-refractivity contribution in [2.45, 2.75) is 6.54 Å². The molecule has 1 aromatic carbocycles. The first kappa shape index (κ1) is 18.1. The van der Waals surface area contributed by atoms with Crippen LogP contribution in [0.25, 0.3) is 20.7 Å². The van der Waals surface area contributed by atoms with Gasteiger partial charge in [0.1, 0.15) is 11.2 Å². The highest BCUT2D eigenvalue weighted by Gasteiger charge is 2.13. The molecular formula is C17H15ClN4O3S. The van der Waals surface area contributed by atoms with Crippen LogP contribution in [-0.4, -0.2) is 35.0 Å². The number of hydrogen-bond acceptors (Lipinski definition) is 5. The summed E-state index contributed by atoms with van der Waals surface area (Å²) in [6, 6.07) is 9.14. The maximum absolute atomic E-state index is 12.6. The van der Waals surface area contributed by atoms with Gasteiger partial charge >= 0.3 is 0 Å². The minimum Gasteiger partial charge on any atom is -0.358 e. The van der Waals surface area contributed by atoms with Crippen LogP contribution in [0.1, 0.15) is 0 Å². The molecule has 0 unspecified atom stereocenters. The molecule has 0 saturated carbocycles. The van der Waals surface area contributed by atoms with Crippen LogP contribution < -0.4 is 16.2 Å². The van der Waals surface area contributed by atoms with Gasteiger partial charge in [0.2, 0.25) is 11.8 Å². The number of fused-ring (bicyclic) bond motifs is 1. The van der Waals surface area contributed by atoms with E-state index in [0.717, 1.165) is 10.4 Å². The highest BCUT2D eigenvalue weighted by atomic mass is 35.5. The Bertz CT molecular complexity index is 1030. The van der Waals surface area contributed by atoms with Crippen molar-refractivity contribution in [3.05, 3.63) is 52.0 Å². The van der Waals surface area contributed by atoms with Gasteiger partial charge in [-0.05, 0) is 23.8 Å². The largest absolute Gasteiger partial charge is 0.358 e. The molecule has 0 radical (unpaired) electrons. The second-order valence-corrected chi connectivity index (χ2v) is 6.95. The van der Waals surface area contributed by atoms with Crippen molar-refractivity contribution in [3.8, 4) is 10.4 Å². The van der Waals surface area contributed by atoms with Gasteiger partial charge in [-0.3, -0.25) is 19.0 Å². The Labute approximate surface area is 157 Å². The van der Waals surface area contributed by atoms with Gasteiger partial charge in [0, 0.05) is 16.9 Å². The minimum absolute atomic E-state index is 0.139. The number of nitrogens with zero attached hydrogens (tertiary/aromatic N) is 2. The fourth-order valence-electron chi connectivity index (χ4n) is 2.29. The fraction of sp³-hybridized carbons (Fsp3) is 0.176. The van der Waals surface area contributed by atoms with Crippen LogP contribution in [0.4, 0.5) is 0 Å². The lowest BCUT2D eigenvalue weighted by atomic mass is 10.2. The minimum atomic E-state index is -0.439. The average Bonchev–Trinajstić information content (AvgIpc) is 3.07. The quantitative estimate of drug-likeness (QED) is 0.692. The Kier molecular flexibility index (Phi) is 5.34.